The van der Waals surface area contributed by atoms with E-state index in [9.17, 15) is 9.59 Å². The molecule has 3 heterocycles. The Kier molecular flexibility index (Phi) is 5.20. The lowest BCUT2D eigenvalue weighted by Gasteiger charge is -2.06. The first-order chi connectivity index (χ1) is 13.9. The van der Waals surface area contributed by atoms with Gasteiger partial charge < -0.3 is 4.98 Å². The summed E-state index contributed by atoms with van der Waals surface area (Å²) < 4.78 is 0. The molecule has 0 bridgehead atoms. The number of aryl methyl sites for hydroxylation is 3. The van der Waals surface area contributed by atoms with Crippen molar-refractivity contribution in [2.45, 2.75) is 31.4 Å². The van der Waals surface area contributed by atoms with Crippen LogP contribution in [0.1, 0.15) is 32.2 Å². The van der Waals surface area contributed by atoms with Gasteiger partial charge in [-0.05, 0) is 38.0 Å². The highest BCUT2D eigenvalue weighted by Gasteiger charge is 2.20. The highest BCUT2D eigenvalue weighted by Crippen LogP contribution is 2.29. The Morgan fingerprint density at radius 2 is 2.10 bits per heavy atom. The maximum atomic E-state index is 12.6. The predicted molar refractivity (Wildman–Crippen MR) is 115 cm³/mol. The first-order valence-electron chi connectivity index (χ1n) is 8.81. The molecule has 3 N–H and O–H groups in total. The Balaban J connectivity index is 1.62. The summed E-state index contributed by atoms with van der Waals surface area (Å²) in [6.45, 7) is 5.86. The van der Waals surface area contributed by atoms with Gasteiger partial charge in [-0.3, -0.25) is 14.9 Å². The van der Waals surface area contributed by atoms with E-state index in [1.807, 2.05) is 0 Å². The topological polar surface area (TPSA) is 116 Å². The largest absolute Gasteiger partial charge is 0.309 e. The summed E-state index contributed by atoms with van der Waals surface area (Å²) in [5.74, 6) is 1.01. The third kappa shape index (κ3) is 3.94. The summed E-state index contributed by atoms with van der Waals surface area (Å²) in [5.41, 5.74) is 2.73. The Morgan fingerprint density at radius 1 is 1.28 bits per heavy atom. The number of fused-ring (bicyclic) bond motifs is 1. The van der Waals surface area contributed by atoms with E-state index in [2.05, 4.69) is 62.5 Å². The van der Waals surface area contributed by atoms with Crippen LogP contribution in [0.3, 0.4) is 0 Å². The first kappa shape index (κ1) is 19.3. The van der Waals surface area contributed by atoms with E-state index in [0.717, 1.165) is 4.90 Å². The highest BCUT2D eigenvalue weighted by molar-refractivity contribution is 7.98. The summed E-state index contributed by atoms with van der Waals surface area (Å²) in [6, 6.07) is 6.28. The quantitative estimate of drug-likeness (QED) is 0.420. The third-order valence-corrected chi connectivity index (χ3v) is 6.76. The Labute approximate surface area is 174 Å². The molecule has 0 aliphatic heterocycles. The average Bonchev–Trinajstić information content (AvgIpc) is 3.30. The van der Waals surface area contributed by atoms with Crippen LogP contribution in [0, 0.1) is 20.8 Å². The molecule has 0 unspecified atom stereocenters. The molecular formula is C19H18N6O2S2. The Hall–Kier alpha value is -2.98. The molecule has 3 aromatic heterocycles. The number of benzene rings is 1. The van der Waals surface area contributed by atoms with Crippen LogP contribution in [0.15, 0.2) is 34.2 Å². The van der Waals surface area contributed by atoms with Crippen LogP contribution in [0.5, 0.6) is 0 Å². The normalized spacial score (nSPS) is 11.1. The van der Waals surface area contributed by atoms with E-state index < -0.39 is 0 Å². The molecule has 4 rings (SSSR count). The van der Waals surface area contributed by atoms with Crippen LogP contribution in [0.25, 0.3) is 10.2 Å². The zero-order valence-corrected chi connectivity index (χ0v) is 17.6. The van der Waals surface area contributed by atoms with Gasteiger partial charge in [0.2, 0.25) is 5.95 Å². The number of aromatic nitrogens is 5. The van der Waals surface area contributed by atoms with Gasteiger partial charge in [-0.15, -0.1) is 23.1 Å². The number of carbonyl (C=O) groups is 1. The van der Waals surface area contributed by atoms with E-state index in [1.165, 1.54) is 28.8 Å². The monoisotopic (exact) mass is 426 g/mol. The van der Waals surface area contributed by atoms with E-state index in [-0.39, 0.29) is 17.4 Å². The van der Waals surface area contributed by atoms with Gasteiger partial charge in [0, 0.05) is 4.90 Å². The zero-order valence-electron chi connectivity index (χ0n) is 16.0. The minimum Gasteiger partial charge on any atom is -0.309 e. The fourth-order valence-corrected chi connectivity index (χ4v) is 5.00. The molecule has 29 heavy (non-hydrogen) atoms. The number of nitrogens with zero attached hydrogens (tertiary/aromatic N) is 3. The van der Waals surface area contributed by atoms with Crippen molar-refractivity contribution < 1.29 is 4.79 Å². The maximum Gasteiger partial charge on any atom is 0.268 e. The van der Waals surface area contributed by atoms with E-state index in [0.29, 0.717) is 32.2 Å². The first-order valence-corrected chi connectivity index (χ1v) is 10.6. The number of aromatic amines is 2. The van der Waals surface area contributed by atoms with Gasteiger partial charge in [0.25, 0.3) is 11.5 Å². The van der Waals surface area contributed by atoms with Gasteiger partial charge in [0.05, 0.1) is 16.0 Å². The molecule has 148 valence electrons. The summed E-state index contributed by atoms with van der Waals surface area (Å²) in [6.07, 6.45) is 1.31. The molecule has 0 aliphatic rings. The summed E-state index contributed by atoms with van der Waals surface area (Å²) in [4.78, 5) is 38.6. The van der Waals surface area contributed by atoms with Crippen molar-refractivity contribution >= 4 is 45.2 Å². The van der Waals surface area contributed by atoms with Crippen LogP contribution >= 0.6 is 23.1 Å². The number of carbonyl (C=O) groups excluding carboxylic acids is 1. The van der Waals surface area contributed by atoms with Crippen LogP contribution in [0.2, 0.25) is 0 Å². The second kappa shape index (κ2) is 7.80. The van der Waals surface area contributed by atoms with Crippen molar-refractivity contribution in [1.29, 1.82) is 0 Å². The van der Waals surface area contributed by atoms with Crippen molar-refractivity contribution in [3.05, 3.63) is 62.3 Å². The van der Waals surface area contributed by atoms with Crippen LogP contribution < -0.4 is 10.9 Å². The lowest BCUT2D eigenvalue weighted by molar-refractivity contribution is 0.102. The standard InChI is InChI=1S/C19H18N6O2S2/c1-9-4-5-10(2)12(6-9)28-7-13-22-16(26)14-11(3)15(29-18(14)23-13)17(27)24-19-20-8-21-25-19/h4-6,8H,7H2,1-3H3,(H,22,23,26)(H2,20,21,24,25,27). The van der Waals surface area contributed by atoms with E-state index in [1.54, 1.807) is 18.7 Å². The second-order valence-electron chi connectivity index (χ2n) is 6.59. The van der Waals surface area contributed by atoms with Crippen LogP contribution in [-0.2, 0) is 5.75 Å². The molecule has 0 saturated heterocycles. The minimum atomic E-state index is -0.354. The van der Waals surface area contributed by atoms with E-state index >= 15 is 0 Å². The third-order valence-electron chi connectivity index (χ3n) is 4.41. The van der Waals surface area contributed by atoms with Crippen molar-refractivity contribution in [1.82, 2.24) is 25.1 Å². The SMILES string of the molecule is Cc1ccc(C)c(SCc2nc3sc(C(=O)Nc4ncn[nH]4)c(C)c3c(=O)[nH]2)c1. The number of rotatable bonds is 5. The number of thiophene rings is 1. The lowest BCUT2D eigenvalue weighted by Crippen LogP contribution is -2.14. The molecule has 0 radical (unpaired) electrons. The molecule has 0 aliphatic carbocycles. The van der Waals surface area contributed by atoms with Crippen LogP contribution in [-0.4, -0.2) is 31.1 Å². The molecule has 0 spiro atoms. The smallest absolute Gasteiger partial charge is 0.268 e. The number of hydrogen-bond acceptors (Lipinski definition) is 7. The molecule has 4 aromatic rings. The number of anilines is 1. The number of H-pyrrole nitrogens is 2. The fraction of sp³-hybridized carbons (Fsp3) is 0.211. The van der Waals surface area contributed by atoms with E-state index in [4.69, 9.17) is 0 Å². The number of amides is 1. The minimum absolute atomic E-state index is 0.237. The number of hydrogen-bond donors (Lipinski definition) is 3. The molecule has 8 nitrogen and oxygen atoms in total. The van der Waals surface area contributed by atoms with Gasteiger partial charge in [-0.1, -0.05) is 17.7 Å². The van der Waals surface area contributed by atoms with Crippen molar-refractivity contribution in [2.24, 2.45) is 0 Å². The van der Waals surface area contributed by atoms with Crippen LogP contribution in [0.4, 0.5) is 5.95 Å². The molecule has 0 atom stereocenters. The molecule has 0 fully saturated rings. The molecule has 1 amide bonds. The van der Waals surface area contributed by atoms with Gasteiger partial charge in [-0.2, -0.15) is 10.1 Å². The fourth-order valence-electron chi connectivity index (χ4n) is 2.91. The summed E-state index contributed by atoms with van der Waals surface area (Å²) >= 11 is 2.82. The van der Waals surface area contributed by atoms with Crippen molar-refractivity contribution in [3.63, 3.8) is 0 Å². The number of nitrogens with one attached hydrogen (secondary N) is 3. The molecule has 10 heteroatoms. The van der Waals surface area contributed by atoms with Gasteiger partial charge in [-0.25, -0.2) is 10.1 Å². The molecular weight excluding hydrogens is 408 g/mol. The van der Waals surface area contributed by atoms with Gasteiger partial charge in [0.15, 0.2) is 0 Å². The highest BCUT2D eigenvalue weighted by atomic mass is 32.2. The second-order valence-corrected chi connectivity index (χ2v) is 8.61. The van der Waals surface area contributed by atoms with Crippen molar-refractivity contribution in [2.75, 3.05) is 5.32 Å². The predicted octanol–water partition coefficient (Wildman–Crippen LogP) is 3.57. The Bertz CT molecular complexity index is 1260. The van der Waals surface area contributed by atoms with Gasteiger partial charge >= 0.3 is 0 Å². The summed E-state index contributed by atoms with van der Waals surface area (Å²) in [7, 11) is 0. The lowest BCUT2D eigenvalue weighted by atomic mass is 10.2. The maximum absolute atomic E-state index is 12.6. The Morgan fingerprint density at radius 3 is 2.86 bits per heavy atom. The molecule has 0 saturated carbocycles. The van der Waals surface area contributed by atoms with Gasteiger partial charge in [0.1, 0.15) is 17.0 Å². The number of thioether (sulfide) groups is 1. The zero-order chi connectivity index (χ0) is 20.5. The average molecular weight is 427 g/mol. The van der Waals surface area contributed by atoms with Crippen molar-refractivity contribution in [3.8, 4) is 0 Å². The molecule has 1 aromatic carbocycles. The summed E-state index contributed by atoms with van der Waals surface area (Å²) in [5, 5.41) is 9.35.